The van der Waals surface area contributed by atoms with E-state index in [9.17, 15) is 0 Å². The fourth-order valence-electron chi connectivity index (χ4n) is 2.91. The van der Waals surface area contributed by atoms with Gasteiger partial charge >= 0.3 is 0 Å². The Bertz CT molecular complexity index is 362. The minimum atomic E-state index is 0.520. The van der Waals surface area contributed by atoms with E-state index in [-0.39, 0.29) is 0 Å². The molecule has 1 saturated carbocycles. The van der Waals surface area contributed by atoms with Crippen LogP contribution in [0.5, 0.6) is 0 Å². The molecular weight excluding hydrogens is 294 g/mol. The van der Waals surface area contributed by atoms with Crippen molar-refractivity contribution in [1.82, 2.24) is 5.32 Å². The molecule has 0 aliphatic heterocycles. The third-order valence-corrected chi connectivity index (χ3v) is 5.90. The van der Waals surface area contributed by atoms with Crippen LogP contribution in [0.25, 0.3) is 0 Å². The SMILES string of the molecule is CNC(c1cscc1Br)C1CCC(C)(C)CC1. The molecule has 1 atom stereocenters. The van der Waals surface area contributed by atoms with Crippen LogP contribution >= 0.6 is 27.3 Å². The van der Waals surface area contributed by atoms with Gasteiger partial charge in [0.25, 0.3) is 0 Å². The third kappa shape index (κ3) is 3.12. The molecule has 1 unspecified atom stereocenters. The summed E-state index contributed by atoms with van der Waals surface area (Å²) in [6.07, 6.45) is 5.41. The maximum absolute atomic E-state index is 3.67. The summed E-state index contributed by atoms with van der Waals surface area (Å²) in [6.45, 7) is 4.80. The summed E-state index contributed by atoms with van der Waals surface area (Å²) >= 11 is 5.45. The van der Waals surface area contributed by atoms with Gasteiger partial charge in [0.1, 0.15) is 0 Å². The summed E-state index contributed by atoms with van der Waals surface area (Å²) in [5.74, 6) is 0.791. The highest BCUT2D eigenvalue weighted by Gasteiger charge is 2.32. The maximum Gasteiger partial charge on any atom is 0.0365 e. The van der Waals surface area contributed by atoms with Gasteiger partial charge in [-0.15, -0.1) is 0 Å². The molecule has 0 aromatic carbocycles. The predicted molar refractivity (Wildman–Crippen MR) is 79.6 cm³/mol. The molecular formula is C14H22BrNS. The van der Waals surface area contributed by atoms with Crippen LogP contribution in [0, 0.1) is 11.3 Å². The lowest BCUT2D eigenvalue weighted by Crippen LogP contribution is -2.31. The molecule has 1 aliphatic rings. The van der Waals surface area contributed by atoms with Crippen molar-refractivity contribution in [2.24, 2.45) is 11.3 Å². The first-order valence-electron chi connectivity index (χ1n) is 6.42. The molecule has 0 amide bonds. The van der Waals surface area contributed by atoms with Crippen molar-refractivity contribution in [3.63, 3.8) is 0 Å². The average molecular weight is 316 g/mol. The second-order valence-corrected chi connectivity index (χ2v) is 7.54. The third-order valence-electron chi connectivity index (χ3n) is 4.14. The lowest BCUT2D eigenvalue weighted by Gasteiger charge is -2.38. The second-order valence-electron chi connectivity index (χ2n) is 5.94. The zero-order valence-corrected chi connectivity index (χ0v) is 13.3. The second kappa shape index (κ2) is 5.41. The molecule has 2 rings (SSSR count). The predicted octanol–water partition coefficient (Wildman–Crippen LogP) is 4.99. The highest BCUT2D eigenvalue weighted by molar-refractivity contribution is 9.10. The van der Waals surface area contributed by atoms with E-state index >= 15 is 0 Å². The van der Waals surface area contributed by atoms with Crippen molar-refractivity contribution in [3.8, 4) is 0 Å². The lowest BCUT2D eigenvalue weighted by atomic mass is 9.70. The molecule has 1 aliphatic carbocycles. The number of nitrogens with one attached hydrogen (secondary N) is 1. The molecule has 96 valence electrons. The van der Waals surface area contributed by atoms with Gasteiger partial charge in [0.15, 0.2) is 0 Å². The number of rotatable bonds is 3. The van der Waals surface area contributed by atoms with Crippen molar-refractivity contribution in [2.45, 2.75) is 45.6 Å². The molecule has 1 fully saturated rings. The highest BCUT2D eigenvalue weighted by Crippen LogP contribution is 2.44. The van der Waals surface area contributed by atoms with Gasteiger partial charge in [-0.05, 0) is 70.9 Å². The minimum absolute atomic E-state index is 0.520. The first kappa shape index (κ1) is 13.6. The zero-order valence-electron chi connectivity index (χ0n) is 10.9. The number of thiophene rings is 1. The summed E-state index contributed by atoms with van der Waals surface area (Å²) in [5, 5.41) is 7.99. The monoisotopic (exact) mass is 315 g/mol. The van der Waals surface area contributed by atoms with E-state index < -0.39 is 0 Å². The quantitative estimate of drug-likeness (QED) is 0.828. The first-order chi connectivity index (χ1) is 8.03. The minimum Gasteiger partial charge on any atom is -0.313 e. The van der Waals surface area contributed by atoms with Gasteiger partial charge in [0, 0.05) is 15.9 Å². The summed E-state index contributed by atoms with van der Waals surface area (Å²) in [4.78, 5) is 0. The van der Waals surface area contributed by atoms with Gasteiger partial charge in [0.2, 0.25) is 0 Å². The van der Waals surface area contributed by atoms with Crippen molar-refractivity contribution >= 4 is 27.3 Å². The van der Waals surface area contributed by atoms with Crippen LogP contribution in [-0.2, 0) is 0 Å². The van der Waals surface area contributed by atoms with Gasteiger partial charge in [-0.1, -0.05) is 13.8 Å². The van der Waals surface area contributed by atoms with Crippen LogP contribution < -0.4 is 5.32 Å². The highest BCUT2D eigenvalue weighted by atomic mass is 79.9. The molecule has 3 heteroatoms. The molecule has 17 heavy (non-hydrogen) atoms. The molecule has 1 aromatic heterocycles. The van der Waals surface area contributed by atoms with Crippen molar-refractivity contribution < 1.29 is 0 Å². The van der Waals surface area contributed by atoms with Crippen LogP contribution in [0.2, 0.25) is 0 Å². The Hall–Kier alpha value is 0.140. The van der Waals surface area contributed by atoms with Crippen molar-refractivity contribution in [3.05, 3.63) is 20.8 Å². The van der Waals surface area contributed by atoms with Gasteiger partial charge in [0.05, 0.1) is 0 Å². The lowest BCUT2D eigenvalue weighted by molar-refractivity contribution is 0.164. The fraction of sp³-hybridized carbons (Fsp3) is 0.714. The summed E-state index contributed by atoms with van der Waals surface area (Å²) < 4.78 is 1.27. The van der Waals surface area contributed by atoms with Gasteiger partial charge in [-0.25, -0.2) is 0 Å². The van der Waals surface area contributed by atoms with Crippen molar-refractivity contribution in [2.75, 3.05) is 7.05 Å². The standard InChI is InChI=1S/C14H22BrNS/c1-14(2)6-4-10(5-7-14)13(16-3)11-8-17-9-12(11)15/h8-10,13,16H,4-7H2,1-3H3. The molecule has 1 N–H and O–H groups in total. The van der Waals surface area contributed by atoms with E-state index in [1.807, 2.05) is 0 Å². The van der Waals surface area contributed by atoms with E-state index in [0.717, 1.165) is 5.92 Å². The van der Waals surface area contributed by atoms with Crippen LogP contribution in [0.4, 0.5) is 0 Å². The van der Waals surface area contributed by atoms with Gasteiger partial charge in [-0.2, -0.15) is 11.3 Å². The largest absolute Gasteiger partial charge is 0.313 e. The van der Waals surface area contributed by atoms with E-state index in [1.54, 1.807) is 11.3 Å². The van der Waals surface area contributed by atoms with Gasteiger partial charge < -0.3 is 5.32 Å². The Morgan fingerprint density at radius 2 is 2.00 bits per heavy atom. The van der Waals surface area contributed by atoms with E-state index in [2.05, 4.69) is 52.9 Å². The topological polar surface area (TPSA) is 12.0 Å². The van der Waals surface area contributed by atoms with E-state index in [0.29, 0.717) is 11.5 Å². The Morgan fingerprint density at radius 3 is 2.47 bits per heavy atom. The van der Waals surface area contributed by atoms with Crippen LogP contribution in [0.15, 0.2) is 15.2 Å². The molecule has 1 nitrogen and oxygen atoms in total. The van der Waals surface area contributed by atoms with Crippen LogP contribution in [-0.4, -0.2) is 7.05 Å². The molecule has 0 radical (unpaired) electrons. The normalized spacial score (nSPS) is 22.6. The molecule has 0 bridgehead atoms. The fourth-order valence-corrected chi connectivity index (χ4v) is 4.49. The summed E-state index contributed by atoms with van der Waals surface area (Å²) in [7, 11) is 2.09. The zero-order chi connectivity index (χ0) is 12.5. The number of hydrogen-bond donors (Lipinski definition) is 1. The molecule has 0 spiro atoms. The molecule has 1 heterocycles. The van der Waals surface area contributed by atoms with Crippen LogP contribution in [0.3, 0.4) is 0 Å². The average Bonchev–Trinajstić information content (AvgIpc) is 2.69. The Kier molecular flexibility index (Phi) is 4.32. The molecule has 1 aromatic rings. The van der Waals surface area contributed by atoms with E-state index in [1.165, 1.54) is 35.7 Å². The summed E-state index contributed by atoms with van der Waals surface area (Å²) in [5.41, 5.74) is 2.00. The Morgan fingerprint density at radius 1 is 1.35 bits per heavy atom. The smallest absolute Gasteiger partial charge is 0.0365 e. The van der Waals surface area contributed by atoms with Gasteiger partial charge in [-0.3, -0.25) is 0 Å². The number of hydrogen-bond acceptors (Lipinski definition) is 2. The first-order valence-corrected chi connectivity index (χ1v) is 8.16. The summed E-state index contributed by atoms with van der Waals surface area (Å²) in [6, 6.07) is 0.520. The van der Waals surface area contributed by atoms with Crippen LogP contribution in [0.1, 0.15) is 51.1 Å². The number of halogens is 1. The Balaban J connectivity index is 2.08. The maximum atomic E-state index is 3.67. The van der Waals surface area contributed by atoms with E-state index in [4.69, 9.17) is 0 Å². The van der Waals surface area contributed by atoms with Crippen molar-refractivity contribution in [1.29, 1.82) is 0 Å². The Labute approximate surface area is 117 Å². The molecule has 0 saturated heterocycles.